The van der Waals surface area contributed by atoms with Gasteiger partial charge in [0, 0.05) is 19.5 Å². The van der Waals surface area contributed by atoms with Crippen molar-refractivity contribution in [3.8, 4) is 0 Å². The van der Waals surface area contributed by atoms with Crippen molar-refractivity contribution in [2.45, 2.75) is 32.1 Å². The van der Waals surface area contributed by atoms with Gasteiger partial charge in [-0.25, -0.2) is 0 Å². The van der Waals surface area contributed by atoms with E-state index in [0.29, 0.717) is 43.4 Å². The second kappa shape index (κ2) is 7.44. The zero-order valence-corrected chi connectivity index (χ0v) is 13.1. The number of aromatic nitrogens is 2. The average molecular weight is 312 g/mol. The predicted octanol–water partition coefficient (Wildman–Crippen LogP) is 0.807. The summed E-state index contributed by atoms with van der Waals surface area (Å²) in [6.45, 7) is 3.29. The van der Waals surface area contributed by atoms with Crippen LogP contribution in [0.5, 0.6) is 0 Å². The van der Waals surface area contributed by atoms with Crippen molar-refractivity contribution >= 4 is 23.6 Å². The summed E-state index contributed by atoms with van der Waals surface area (Å²) in [4.78, 5) is 29.6. The molecule has 1 aliphatic heterocycles. The third-order valence-electron chi connectivity index (χ3n) is 3.45. The number of hydrogen-bond donors (Lipinski definition) is 1. The zero-order chi connectivity index (χ0) is 15.2. The lowest BCUT2D eigenvalue weighted by Crippen LogP contribution is -2.45. The quantitative estimate of drug-likeness (QED) is 0.836. The van der Waals surface area contributed by atoms with E-state index < -0.39 is 0 Å². The molecule has 0 aromatic carbocycles. The highest BCUT2D eigenvalue weighted by Crippen LogP contribution is 2.17. The molecule has 0 radical (unpaired) electrons. The molecule has 8 heteroatoms. The minimum atomic E-state index is -0.156. The van der Waals surface area contributed by atoms with Crippen molar-refractivity contribution in [1.29, 1.82) is 0 Å². The van der Waals surface area contributed by atoms with E-state index in [9.17, 15) is 9.59 Å². The van der Waals surface area contributed by atoms with Crippen molar-refractivity contribution in [2.75, 3.05) is 19.3 Å². The van der Waals surface area contributed by atoms with Gasteiger partial charge in [0.15, 0.2) is 5.82 Å². The maximum atomic E-state index is 12.1. The molecule has 2 rings (SSSR count). The molecule has 0 spiro atoms. The minimum absolute atomic E-state index is 0.0643. The molecule has 2 amide bonds. The van der Waals surface area contributed by atoms with E-state index in [1.54, 1.807) is 16.7 Å². The van der Waals surface area contributed by atoms with Crippen LogP contribution in [0.4, 0.5) is 0 Å². The Morgan fingerprint density at radius 1 is 1.57 bits per heavy atom. The van der Waals surface area contributed by atoms with Crippen molar-refractivity contribution in [3.63, 3.8) is 0 Å². The summed E-state index contributed by atoms with van der Waals surface area (Å²) in [5, 5.41) is 6.62. The Bertz CT molecular complexity index is 505. The van der Waals surface area contributed by atoms with Gasteiger partial charge >= 0.3 is 0 Å². The molecule has 1 atom stereocenters. The van der Waals surface area contributed by atoms with Gasteiger partial charge in [0.25, 0.3) is 0 Å². The summed E-state index contributed by atoms with van der Waals surface area (Å²) in [7, 11) is 0. The van der Waals surface area contributed by atoms with Gasteiger partial charge < -0.3 is 14.7 Å². The van der Waals surface area contributed by atoms with Gasteiger partial charge in [-0.15, -0.1) is 0 Å². The van der Waals surface area contributed by atoms with Crippen molar-refractivity contribution in [1.82, 2.24) is 20.4 Å². The zero-order valence-electron chi connectivity index (χ0n) is 12.3. The van der Waals surface area contributed by atoms with Crippen LogP contribution in [0, 0.1) is 5.92 Å². The maximum absolute atomic E-state index is 12.1. The van der Waals surface area contributed by atoms with Gasteiger partial charge in [0.05, 0.1) is 18.2 Å². The van der Waals surface area contributed by atoms with E-state index in [1.165, 1.54) is 0 Å². The van der Waals surface area contributed by atoms with E-state index in [0.717, 1.165) is 0 Å². The fraction of sp³-hybridized carbons (Fsp3) is 0.692. The van der Waals surface area contributed by atoms with Crippen LogP contribution in [0.15, 0.2) is 4.52 Å². The van der Waals surface area contributed by atoms with E-state index in [4.69, 9.17) is 4.52 Å². The first-order valence-corrected chi connectivity index (χ1v) is 8.39. The van der Waals surface area contributed by atoms with Crippen LogP contribution < -0.4 is 5.32 Å². The predicted molar refractivity (Wildman–Crippen MR) is 78.3 cm³/mol. The number of carbonyl (C=O) groups excluding carboxylic acids is 2. The fourth-order valence-corrected chi connectivity index (χ4v) is 2.67. The Hall–Kier alpha value is -1.57. The van der Waals surface area contributed by atoms with Gasteiger partial charge in [-0.2, -0.15) is 16.7 Å². The van der Waals surface area contributed by atoms with E-state index in [1.807, 2.05) is 13.2 Å². The first kappa shape index (κ1) is 15.8. The minimum Gasteiger partial charge on any atom is -0.347 e. The molecular formula is C13H20N4O3S. The second-order valence-electron chi connectivity index (χ2n) is 4.92. The van der Waals surface area contributed by atoms with Gasteiger partial charge in [0.2, 0.25) is 17.7 Å². The van der Waals surface area contributed by atoms with Crippen LogP contribution >= 0.6 is 11.8 Å². The van der Waals surface area contributed by atoms with Crippen LogP contribution in [0.2, 0.25) is 0 Å². The SMILES string of the molecule is CCN1C[C@H](C(=O)NCc2nc(CSC)no2)CCC1=O. The van der Waals surface area contributed by atoms with Crippen molar-refractivity contribution < 1.29 is 14.1 Å². The Kier molecular flexibility index (Phi) is 5.60. The second-order valence-corrected chi connectivity index (χ2v) is 5.79. The molecule has 2 heterocycles. The molecule has 1 fully saturated rings. The molecule has 0 unspecified atom stereocenters. The number of nitrogens with zero attached hydrogens (tertiary/aromatic N) is 3. The number of piperidine rings is 1. The van der Waals surface area contributed by atoms with E-state index in [-0.39, 0.29) is 24.3 Å². The fourth-order valence-electron chi connectivity index (χ4n) is 2.29. The summed E-state index contributed by atoms with van der Waals surface area (Å²) < 4.78 is 5.06. The number of carbonyl (C=O) groups is 2. The smallest absolute Gasteiger partial charge is 0.246 e. The average Bonchev–Trinajstić information content (AvgIpc) is 2.93. The summed E-state index contributed by atoms with van der Waals surface area (Å²) >= 11 is 1.61. The lowest BCUT2D eigenvalue weighted by Gasteiger charge is -2.30. The highest BCUT2D eigenvalue weighted by molar-refractivity contribution is 7.97. The van der Waals surface area contributed by atoms with Crippen LogP contribution in [-0.2, 0) is 21.9 Å². The standard InChI is InChI=1S/C13H20N4O3S/c1-3-17-7-9(4-5-12(17)18)13(19)14-6-11-15-10(8-21-2)16-20-11/h9H,3-8H2,1-2H3,(H,14,19)/t9-/m1/s1. The van der Waals surface area contributed by atoms with Gasteiger partial charge in [-0.3, -0.25) is 9.59 Å². The van der Waals surface area contributed by atoms with Crippen LogP contribution in [0.3, 0.4) is 0 Å². The summed E-state index contributed by atoms with van der Waals surface area (Å²) in [6, 6.07) is 0. The topological polar surface area (TPSA) is 88.3 Å². The highest BCUT2D eigenvalue weighted by Gasteiger charge is 2.29. The third kappa shape index (κ3) is 4.20. The molecule has 116 valence electrons. The molecule has 1 saturated heterocycles. The molecular weight excluding hydrogens is 292 g/mol. The van der Waals surface area contributed by atoms with Crippen LogP contribution in [0.1, 0.15) is 31.5 Å². The number of hydrogen-bond acceptors (Lipinski definition) is 6. The number of rotatable bonds is 6. The normalized spacial score (nSPS) is 18.9. The molecule has 0 saturated carbocycles. The Balaban J connectivity index is 1.82. The summed E-state index contributed by atoms with van der Waals surface area (Å²) in [5.74, 6) is 1.63. The highest BCUT2D eigenvalue weighted by atomic mass is 32.2. The summed E-state index contributed by atoms with van der Waals surface area (Å²) in [5.41, 5.74) is 0. The number of likely N-dealkylation sites (tertiary alicyclic amines) is 1. The number of nitrogens with one attached hydrogen (secondary N) is 1. The van der Waals surface area contributed by atoms with E-state index in [2.05, 4.69) is 15.5 Å². The first-order chi connectivity index (χ1) is 10.1. The Morgan fingerprint density at radius 3 is 3.10 bits per heavy atom. The van der Waals surface area contributed by atoms with Gasteiger partial charge in [0.1, 0.15) is 0 Å². The molecule has 0 aliphatic carbocycles. The van der Waals surface area contributed by atoms with Crippen molar-refractivity contribution in [3.05, 3.63) is 11.7 Å². The monoisotopic (exact) mass is 312 g/mol. The largest absolute Gasteiger partial charge is 0.347 e. The number of thioether (sulfide) groups is 1. The van der Waals surface area contributed by atoms with Crippen LogP contribution in [0.25, 0.3) is 0 Å². The first-order valence-electron chi connectivity index (χ1n) is 7.00. The molecule has 0 bridgehead atoms. The van der Waals surface area contributed by atoms with Gasteiger partial charge in [-0.1, -0.05) is 5.16 Å². The third-order valence-corrected chi connectivity index (χ3v) is 4.00. The maximum Gasteiger partial charge on any atom is 0.246 e. The van der Waals surface area contributed by atoms with Crippen LogP contribution in [-0.4, -0.2) is 46.2 Å². The molecule has 1 N–H and O–H groups in total. The van der Waals surface area contributed by atoms with Gasteiger partial charge in [-0.05, 0) is 19.6 Å². The van der Waals surface area contributed by atoms with E-state index >= 15 is 0 Å². The molecule has 1 aliphatic rings. The molecule has 1 aromatic rings. The van der Waals surface area contributed by atoms with Crippen molar-refractivity contribution in [2.24, 2.45) is 5.92 Å². The summed E-state index contributed by atoms with van der Waals surface area (Å²) in [6.07, 6.45) is 2.99. The number of amides is 2. The molecule has 1 aromatic heterocycles. The molecule has 21 heavy (non-hydrogen) atoms. The lowest BCUT2D eigenvalue weighted by atomic mass is 9.96. The lowest BCUT2D eigenvalue weighted by molar-refractivity contribution is -0.138. The molecule has 7 nitrogen and oxygen atoms in total. The Morgan fingerprint density at radius 2 is 2.38 bits per heavy atom. The Labute approximate surface area is 127 Å².